The number of aliphatic imine (C=N–C) groups is 1. The second-order valence-corrected chi connectivity index (χ2v) is 11.0. The molecule has 0 amide bonds. The minimum absolute atomic E-state index is 0.0594. The van der Waals surface area contributed by atoms with E-state index in [9.17, 15) is 9.90 Å². The zero-order chi connectivity index (χ0) is 25.1. The first kappa shape index (κ1) is 24.5. The summed E-state index contributed by atoms with van der Waals surface area (Å²) in [5.41, 5.74) is 4.87. The van der Waals surface area contributed by atoms with E-state index in [1.807, 2.05) is 72.8 Å². The van der Waals surface area contributed by atoms with Crippen LogP contribution in [-0.4, -0.2) is 27.8 Å². The van der Waals surface area contributed by atoms with E-state index in [1.165, 1.54) is 35.4 Å². The minimum Gasteiger partial charge on any atom is -0.506 e. The molecule has 0 unspecified atom stereocenters. The zero-order valence-electron chi connectivity index (χ0n) is 18.7. The van der Waals surface area contributed by atoms with Gasteiger partial charge in [0.1, 0.15) is 5.75 Å². The number of halogens is 2. The molecule has 0 aliphatic rings. The van der Waals surface area contributed by atoms with Crippen molar-refractivity contribution in [3.63, 3.8) is 0 Å². The van der Waals surface area contributed by atoms with Crippen molar-refractivity contribution in [1.82, 2.24) is 4.98 Å². The third-order valence-electron chi connectivity index (χ3n) is 5.40. The van der Waals surface area contributed by atoms with Gasteiger partial charge in [-0.3, -0.25) is 9.79 Å². The number of hydrogen-bond acceptors (Lipinski definition) is 6. The number of thioether (sulfide) groups is 1. The van der Waals surface area contributed by atoms with E-state index in [2.05, 4.69) is 9.98 Å². The molecule has 0 fully saturated rings. The molecule has 36 heavy (non-hydrogen) atoms. The van der Waals surface area contributed by atoms with E-state index < -0.39 is 0 Å². The molecule has 5 aromatic rings. The first-order valence-corrected chi connectivity index (χ1v) is 13.5. The van der Waals surface area contributed by atoms with Gasteiger partial charge in [-0.1, -0.05) is 89.6 Å². The van der Waals surface area contributed by atoms with Gasteiger partial charge in [0.15, 0.2) is 10.1 Å². The summed E-state index contributed by atoms with van der Waals surface area (Å²) >= 11 is 14.9. The minimum atomic E-state index is -0.0678. The molecule has 0 saturated heterocycles. The number of nitrogens with zero attached hydrogens (tertiary/aromatic N) is 2. The Morgan fingerprint density at radius 3 is 2.50 bits per heavy atom. The second kappa shape index (κ2) is 10.8. The lowest BCUT2D eigenvalue weighted by molar-refractivity contribution is 0.102. The topological polar surface area (TPSA) is 62.5 Å². The summed E-state index contributed by atoms with van der Waals surface area (Å²) in [6.07, 6.45) is 1.52. The van der Waals surface area contributed by atoms with Crippen LogP contribution in [0.3, 0.4) is 0 Å². The highest BCUT2D eigenvalue weighted by Gasteiger charge is 2.11. The largest absolute Gasteiger partial charge is 0.506 e. The molecule has 178 valence electrons. The Bertz CT molecular complexity index is 1580. The number of fused-ring (bicyclic) bond motifs is 1. The summed E-state index contributed by atoms with van der Waals surface area (Å²) in [5.74, 6) is 0.301. The smallest absolute Gasteiger partial charge is 0.173 e. The van der Waals surface area contributed by atoms with Gasteiger partial charge in [-0.15, -0.1) is 11.3 Å². The molecule has 0 saturated carbocycles. The predicted octanol–water partition coefficient (Wildman–Crippen LogP) is 8.70. The van der Waals surface area contributed by atoms with Gasteiger partial charge in [-0.05, 0) is 41.5 Å². The summed E-state index contributed by atoms with van der Waals surface area (Å²) in [6, 6.07) is 26.5. The first-order valence-electron chi connectivity index (χ1n) is 10.9. The molecule has 1 aromatic heterocycles. The molecule has 1 heterocycles. The third-order valence-corrected chi connectivity index (χ3v) is 8.07. The maximum absolute atomic E-state index is 12.7. The normalized spacial score (nSPS) is 11.4. The number of carbonyl (C=O) groups is 1. The van der Waals surface area contributed by atoms with Crippen molar-refractivity contribution in [3.8, 4) is 16.9 Å². The summed E-state index contributed by atoms with van der Waals surface area (Å²) < 4.78 is 1.78. The number of ketones is 1. The number of Topliss-reactive ketones (excluding diaryl/α,β-unsaturated/α-hetero) is 1. The van der Waals surface area contributed by atoms with Crippen molar-refractivity contribution in [3.05, 3.63) is 106 Å². The average Bonchev–Trinajstić information content (AvgIpc) is 3.31. The molecule has 0 aliphatic heterocycles. The lowest BCUT2D eigenvalue weighted by Crippen LogP contribution is -2.01. The molecule has 0 radical (unpaired) electrons. The van der Waals surface area contributed by atoms with Crippen LogP contribution in [0, 0.1) is 0 Å². The molecule has 0 atom stereocenters. The predicted molar refractivity (Wildman–Crippen MR) is 152 cm³/mol. The number of hydrogen-bond donors (Lipinski definition) is 1. The Hall–Kier alpha value is -3.16. The Morgan fingerprint density at radius 2 is 1.72 bits per heavy atom. The monoisotopic (exact) mass is 548 g/mol. The van der Waals surface area contributed by atoms with Crippen molar-refractivity contribution in [2.24, 2.45) is 4.99 Å². The number of rotatable bonds is 7. The fourth-order valence-corrected chi connectivity index (χ4v) is 6.06. The van der Waals surface area contributed by atoms with Crippen LogP contribution in [0.4, 0.5) is 5.69 Å². The van der Waals surface area contributed by atoms with Gasteiger partial charge in [-0.25, -0.2) is 4.98 Å². The number of phenols is 1. The molecule has 5 rings (SSSR count). The van der Waals surface area contributed by atoms with Crippen LogP contribution < -0.4 is 0 Å². The molecule has 0 bridgehead atoms. The van der Waals surface area contributed by atoms with Crippen LogP contribution in [0.5, 0.6) is 5.75 Å². The first-order chi connectivity index (χ1) is 17.5. The standard InChI is InChI=1S/C28H18Cl2N2O2S2/c29-21-12-20(27(34)23(30)13-21)15-31-22-10-11-24-26(14-22)36-28(32-24)35-16-25(33)19-8-6-18(7-9-19)17-4-2-1-3-5-17/h1-15,34H,16H2. The zero-order valence-corrected chi connectivity index (χ0v) is 21.8. The fourth-order valence-electron chi connectivity index (χ4n) is 3.55. The molecule has 1 N–H and O–H groups in total. The Balaban J connectivity index is 1.25. The fraction of sp³-hybridized carbons (Fsp3) is 0.0357. The van der Waals surface area contributed by atoms with Crippen molar-refractivity contribution >= 4 is 74.2 Å². The van der Waals surface area contributed by atoms with Crippen molar-refractivity contribution in [2.45, 2.75) is 4.34 Å². The van der Waals surface area contributed by atoms with Gasteiger partial charge in [0.2, 0.25) is 0 Å². The number of benzene rings is 4. The average molecular weight is 550 g/mol. The molecular formula is C28H18Cl2N2O2S2. The third kappa shape index (κ3) is 5.63. The molecule has 0 spiro atoms. The second-order valence-electron chi connectivity index (χ2n) is 7.87. The highest BCUT2D eigenvalue weighted by molar-refractivity contribution is 8.01. The van der Waals surface area contributed by atoms with Gasteiger partial charge >= 0.3 is 0 Å². The van der Waals surface area contributed by atoms with E-state index in [4.69, 9.17) is 23.2 Å². The van der Waals surface area contributed by atoms with Gasteiger partial charge in [0.05, 0.1) is 26.7 Å². The Labute approximate surface area is 226 Å². The van der Waals surface area contributed by atoms with E-state index in [-0.39, 0.29) is 16.6 Å². The molecule has 8 heteroatoms. The van der Waals surface area contributed by atoms with Crippen LogP contribution in [0.15, 0.2) is 94.3 Å². The van der Waals surface area contributed by atoms with Crippen molar-refractivity contribution < 1.29 is 9.90 Å². The van der Waals surface area contributed by atoms with E-state index in [1.54, 1.807) is 6.07 Å². The van der Waals surface area contributed by atoms with Crippen LogP contribution >= 0.6 is 46.3 Å². The van der Waals surface area contributed by atoms with Gasteiger partial charge in [-0.2, -0.15) is 0 Å². The van der Waals surface area contributed by atoms with Crippen molar-refractivity contribution in [2.75, 3.05) is 5.75 Å². The number of thiazole rings is 1. The molecular weight excluding hydrogens is 531 g/mol. The highest BCUT2D eigenvalue weighted by Crippen LogP contribution is 2.33. The van der Waals surface area contributed by atoms with Crippen LogP contribution in [0.1, 0.15) is 15.9 Å². The summed E-state index contributed by atoms with van der Waals surface area (Å²) in [6.45, 7) is 0. The SMILES string of the molecule is O=C(CSc1nc2ccc(N=Cc3cc(Cl)cc(Cl)c3O)cc2s1)c1ccc(-c2ccccc2)cc1. The van der Waals surface area contributed by atoms with Gasteiger partial charge in [0, 0.05) is 22.4 Å². The summed E-state index contributed by atoms with van der Waals surface area (Å²) in [7, 11) is 0. The number of aromatic hydroxyl groups is 1. The molecule has 4 nitrogen and oxygen atoms in total. The quantitative estimate of drug-likeness (QED) is 0.125. The number of carbonyl (C=O) groups excluding carboxylic acids is 1. The van der Waals surface area contributed by atoms with Crippen molar-refractivity contribution in [1.29, 1.82) is 0 Å². The Morgan fingerprint density at radius 1 is 0.972 bits per heavy atom. The number of aromatic nitrogens is 1. The van der Waals surface area contributed by atoms with E-state index in [0.717, 1.165) is 25.7 Å². The van der Waals surface area contributed by atoms with E-state index >= 15 is 0 Å². The maximum Gasteiger partial charge on any atom is 0.173 e. The number of phenolic OH excluding ortho intramolecular Hbond substituents is 1. The molecule has 4 aromatic carbocycles. The lowest BCUT2D eigenvalue weighted by atomic mass is 10.0. The van der Waals surface area contributed by atoms with Gasteiger partial charge < -0.3 is 5.11 Å². The lowest BCUT2D eigenvalue weighted by Gasteiger charge is -2.03. The van der Waals surface area contributed by atoms with Crippen LogP contribution in [0.2, 0.25) is 10.0 Å². The van der Waals surface area contributed by atoms with Gasteiger partial charge in [0.25, 0.3) is 0 Å². The van der Waals surface area contributed by atoms with E-state index in [0.29, 0.717) is 27.6 Å². The Kier molecular flexibility index (Phi) is 7.39. The van der Waals surface area contributed by atoms with Crippen LogP contribution in [-0.2, 0) is 0 Å². The molecule has 0 aliphatic carbocycles. The highest BCUT2D eigenvalue weighted by atomic mass is 35.5. The summed E-state index contributed by atoms with van der Waals surface area (Å²) in [5, 5.41) is 10.7. The maximum atomic E-state index is 12.7. The van der Waals surface area contributed by atoms with Crippen LogP contribution in [0.25, 0.3) is 21.3 Å². The summed E-state index contributed by atoms with van der Waals surface area (Å²) in [4.78, 5) is 21.8.